The van der Waals surface area contributed by atoms with E-state index in [-0.39, 0.29) is 17.2 Å². The summed E-state index contributed by atoms with van der Waals surface area (Å²) in [5.41, 5.74) is 7.54. The largest absolute Gasteiger partial charge is 0.457 e. The van der Waals surface area contributed by atoms with Gasteiger partial charge in [-0.15, -0.1) is 0 Å². The molecular formula is C15H11ClN2O2. The molecule has 0 heterocycles. The Hall–Kier alpha value is -2.51. The van der Waals surface area contributed by atoms with Crippen molar-refractivity contribution in [3.63, 3.8) is 0 Å². The van der Waals surface area contributed by atoms with Crippen molar-refractivity contribution in [3.8, 4) is 6.07 Å². The van der Waals surface area contributed by atoms with E-state index in [1.165, 1.54) is 0 Å². The van der Waals surface area contributed by atoms with Gasteiger partial charge in [-0.05, 0) is 29.8 Å². The van der Waals surface area contributed by atoms with Gasteiger partial charge in [0.1, 0.15) is 6.61 Å². The molecule has 2 rings (SSSR count). The summed E-state index contributed by atoms with van der Waals surface area (Å²) in [4.78, 5) is 11.9. The number of hydrogen-bond acceptors (Lipinski definition) is 4. The molecule has 0 aliphatic rings. The maximum absolute atomic E-state index is 11.9. The molecule has 0 radical (unpaired) electrons. The third-order valence-electron chi connectivity index (χ3n) is 2.70. The number of benzene rings is 2. The summed E-state index contributed by atoms with van der Waals surface area (Å²) in [7, 11) is 0. The van der Waals surface area contributed by atoms with Crippen LogP contribution < -0.4 is 5.73 Å². The molecule has 0 saturated heterocycles. The molecule has 0 aromatic heterocycles. The highest BCUT2D eigenvalue weighted by Gasteiger charge is 2.13. The number of carbonyl (C=O) groups is 1. The molecule has 2 N–H and O–H groups in total. The fourth-order valence-corrected chi connectivity index (χ4v) is 1.81. The summed E-state index contributed by atoms with van der Waals surface area (Å²) in [6.45, 7) is 0.107. The van der Waals surface area contributed by atoms with E-state index in [0.717, 1.165) is 5.56 Å². The van der Waals surface area contributed by atoms with E-state index in [1.54, 1.807) is 42.5 Å². The van der Waals surface area contributed by atoms with Gasteiger partial charge in [-0.25, -0.2) is 4.79 Å². The van der Waals surface area contributed by atoms with Gasteiger partial charge < -0.3 is 10.5 Å². The molecule has 0 aliphatic heterocycles. The molecular weight excluding hydrogens is 276 g/mol. The summed E-state index contributed by atoms with van der Waals surface area (Å²) < 4.78 is 5.16. The zero-order chi connectivity index (χ0) is 14.5. The minimum Gasteiger partial charge on any atom is -0.457 e. The van der Waals surface area contributed by atoms with Gasteiger partial charge in [0.2, 0.25) is 0 Å². The number of anilines is 1. The third-order valence-corrected chi connectivity index (χ3v) is 3.12. The van der Waals surface area contributed by atoms with Crippen molar-refractivity contribution >= 4 is 23.3 Å². The monoisotopic (exact) mass is 286 g/mol. The van der Waals surface area contributed by atoms with Crippen molar-refractivity contribution in [1.29, 1.82) is 5.26 Å². The SMILES string of the molecule is N#Cc1ccc(COC(=O)c2cccc(N)c2Cl)cc1. The second-order valence-electron chi connectivity index (χ2n) is 4.09. The molecule has 0 amide bonds. The van der Waals surface area contributed by atoms with E-state index in [0.29, 0.717) is 11.3 Å². The highest BCUT2D eigenvalue weighted by molar-refractivity contribution is 6.36. The summed E-state index contributed by atoms with van der Waals surface area (Å²) in [6, 6.07) is 13.6. The van der Waals surface area contributed by atoms with Crippen molar-refractivity contribution < 1.29 is 9.53 Å². The van der Waals surface area contributed by atoms with Crippen LogP contribution in [0.3, 0.4) is 0 Å². The zero-order valence-corrected chi connectivity index (χ0v) is 11.2. The average Bonchev–Trinajstić information content (AvgIpc) is 2.48. The molecule has 0 atom stereocenters. The first-order valence-corrected chi connectivity index (χ1v) is 6.20. The fraction of sp³-hybridized carbons (Fsp3) is 0.0667. The van der Waals surface area contributed by atoms with Gasteiger partial charge in [0.25, 0.3) is 0 Å². The van der Waals surface area contributed by atoms with Crippen LogP contribution in [-0.2, 0) is 11.3 Å². The minimum absolute atomic E-state index is 0.107. The second-order valence-corrected chi connectivity index (χ2v) is 4.47. The molecule has 5 heteroatoms. The number of halogens is 1. The van der Waals surface area contributed by atoms with Crippen LogP contribution in [0, 0.1) is 11.3 Å². The van der Waals surface area contributed by atoms with E-state index < -0.39 is 5.97 Å². The number of nitrogen functional groups attached to an aromatic ring is 1. The fourth-order valence-electron chi connectivity index (χ4n) is 1.61. The van der Waals surface area contributed by atoms with Crippen LogP contribution in [0.5, 0.6) is 0 Å². The van der Waals surface area contributed by atoms with Crippen LogP contribution in [0.25, 0.3) is 0 Å². The average molecular weight is 287 g/mol. The third kappa shape index (κ3) is 3.08. The van der Waals surface area contributed by atoms with E-state index in [1.807, 2.05) is 6.07 Å². The van der Waals surface area contributed by atoms with Crippen LogP contribution in [0.2, 0.25) is 5.02 Å². The predicted octanol–water partition coefficient (Wildman–Crippen LogP) is 3.15. The number of nitrogens with zero attached hydrogens (tertiary/aromatic N) is 1. The topological polar surface area (TPSA) is 76.1 Å². The van der Waals surface area contributed by atoms with Gasteiger partial charge in [0, 0.05) is 0 Å². The minimum atomic E-state index is -0.536. The number of ether oxygens (including phenoxy) is 1. The molecule has 0 spiro atoms. The van der Waals surface area contributed by atoms with Crippen molar-refractivity contribution in [3.05, 3.63) is 64.2 Å². The molecule has 0 saturated carbocycles. The van der Waals surface area contributed by atoms with Gasteiger partial charge in [-0.2, -0.15) is 5.26 Å². The molecule has 0 unspecified atom stereocenters. The molecule has 0 fully saturated rings. The van der Waals surface area contributed by atoms with E-state index >= 15 is 0 Å². The molecule has 100 valence electrons. The van der Waals surface area contributed by atoms with Crippen molar-refractivity contribution in [1.82, 2.24) is 0 Å². The number of carbonyl (C=O) groups excluding carboxylic acids is 1. The van der Waals surface area contributed by atoms with E-state index in [9.17, 15) is 4.79 Å². The van der Waals surface area contributed by atoms with Gasteiger partial charge in [-0.3, -0.25) is 0 Å². The van der Waals surface area contributed by atoms with Gasteiger partial charge in [-0.1, -0.05) is 29.8 Å². The van der Waals surface area contributed by atoms with Crippen LogP contribution in [0.1, 0.15) is 21.5 Å². The highest BCUT2D eigenvalue weighted by atomic mass is 35.5. The summed E-state index contributed by atoms with van der Waals surface area (Å²) in [5.74, 6) is -0.536. The van der Waals surface area contributed by atoms with Crippen LogP contribution in [0.15, 0.2) is 42.5 Å². The van der Waals surface area contributed by atoms with Gasteiger partial charge >= 0.3 is 5.97 Å². The molecule has 4 nitrogen and oxygen atoms in total. The normalized spacial score (nSPS) is 9.80. The molecule has 20 heavy (non-hydrogen) atoms. The van der Waals surface area contributed by atoms with Crippen molar-refractivity contribution in [2.45, 2.75) is 6.61 Å². The zero-order valence-electron chi connectivity index (χ0n) is 10.5. The Bertz CT molecular complexity index is 675. The van der Waals surface area contributed by atoms with Gasteiger partial charge in [0.05, 0.1) is 27.9 Å². The van der Waals surface area contributed by atoms with E-state index in [4.69, 9.17) is 27.3 Å². The molecule has 0 aliphatic carbocycles. The number of hydrogen-bond donors (Lipinski definition) is 1. The summed E-state index contributed by atoms with van der Waals surface area (Å²) in [6.07, 6.45) is 0. The lowest BCUT2D eigenvalue weighted by atomic mass is 10.1. The van der Waals surface area contributed by atoms with E-state index in [2.05, 4.69) is 0 Å². The lowest BCUT2D eigenvalue weighted by Gasteiger charge is -2.07. The molecule has 0 bridgehead atoms. The second kappa shape index (κ2) is 6.09. The lowest BCUT2D eigenvalue weighted by Crippen LogP contribution is -2.07. The first kappa shape index (κ1) is 13.9. The quantitative estimate of drug-likeness (QED) is 0.694. The molecule has 2 aromatic carbocycles. The Labute approximate surface area is 121 Å². The van der Waals surface area contributed by atoms with Crippen molar-refractivity contribution in [2.24, 2.45) is 0 Å². The van der Waals surface area contributed by atoms with Crippen LogP contribution in [0.4, 0.5) is 5.69 Å². The standard InChI is InChI=1S/C15H11ClN2O2/c16-14-12(2-1-3-13(14)18)15(19)20-9-11-6-4-10(8-17)5-7-11/h1-7H,9,18H2. The first-order valence-electron chi connectivity index (χ1n) is 5.82. The number of nitrogens with two attached hydrogens (primary N) is 1. The van der Waals surface area contributed by atoms with Gasteiger partial charge in [0.15, 0.2) is 0 Å². The Morgan fingerprint density at radius 2 is 1.95 bits per heavy atom. The predicted molar refractivity (Wildman–Crippen MR) is 76.1 cm³/mol. The maximum Gasteiger partial charge on any atom is 0.340 e. The van der Waals surface area contributed by atoms with Crippen LogP contribution >= 0.6 is 11.6 Å². The Morgan fingerprint density at radius 3 is 2.60 bits per heavy atom. The Balaban J connectivity index is 2.05. The summed E-state index contributed by atoms with van der Waals surface area (Å²) in [5, 5.41) is 8.88. The summed E-state index contributed by atoms with van der Waals surface area (Å²) >= 11 is 5.95. The Morgan fingerprint density at radius 1 is 1.25 bits per heavy atom. The first-order chi connectivity index (χ1) is 9.61. The smallest absolute Gasteiger partial charge is 0.340 e. The number of esters is 1. The highest BCUT2D eigenvalue weighted by Crippen LogP contribution is 2.23. The maximum atomic E-state index is 11.9. The van der Waals surface area contributed by atoms with Crippen molar-refractivity contribution in [2.75, 3.05) is 5.73 Å². The molecule has 2 aromatic rings. The Kier molecular flexibility index (Phi) is 4.24. The number of nitriles is 1. The lowest BCUT2D eigenvalue weighted by molar-refractivity contribution is 0.0473. The number of rotatable bonds is 3. The van der Waals surface area contributed by atoms with Crippen LogP contribution in [-0.4, -0.2) is 5.97 Å².